The first-order valence-electron chi connectivity index (χ1n) is 6.82. The highest BCUT2D eigenvalue weighted by Crippen LogP contribution is 2.07. The van der Waals surface area contributed by atoms with E-state index >= 15 is 0 Å². The standard InChI is InChI=1S/C15H21NO6/c1-20-13(21-2)9-8-12(14(17)18)16-15(19)22-10-11-6-4-3-5-7-11/h3-7,12-13H,8-10H2,1-2H3,(H,16,19)(H,17,18)/t12-/m0/s1. The molecule has 0 bridgehead atoms. The first-order chi connectivity index (χ1) is 10.6. The molecule has 0 unspecified atom stereocenters. The molecule has 1 aromatic carbocycles. The Morgan fingerprint density at radius 1 is 1.14 bits per heavy atom. The van der Waals surface area contributed by atoms with Crippen LogP contribution in [0, 0.1) is 0 Å². The van der Waals surface area contributed by atoms with Crippen LogP contribution in [0.4, 0.5) is 4.79 Å². The van der Waals surface area contributed by atoms with E-state index in [9.17, 15) is 9.59 Å². The smallest absolute Gasteiger partial charge is 0.408 e. The predicted molar refractivity (Wildman–Crippen MR) is 78.2 cm³/mol. The molecule has 0 aliphatic rings. The number of carboxylic acid groups (broad SMARTS) is 1. The number of amides is 1. The number of carbonyl (C=O) groups excluding carboxylic acids is 1. The molecule has 0 saturated heterocycles. The number of benzene rings is 1. The van der Waals surface area contributed by atoms with E-state index < -0.39 is 24.4 Å². The molecule has 1 amide bonds. The van der Waals surface area contributed by atoms with Gasteiger partial charge in [-0.3, -0.25) is 0 Å². The maximum atomic E-state index is 11.7. The van der Waals surface area contributed by atoms with Crippen molar-refractivity contribution in [3.8, 4) is 0 Å². The first kappa shape index (κ1) is 17.9. The fraction of sp³-hybridized carbons (Fsp3) is 0.467. The average Bonchev–Trinajstić information content (AvgIpc) is 2.53. The van der Waals surface area contributed by atoms with Crippen LogP contribution in [0.5, 0.6) is 0 Å². The number of rotatable bonds is 9. The highest BCUT2D eigenvalue weighted by Gasteiger charge is 2.22. The molecule has 1 rings (SSSR count). The Hall–Kier alpha value is -2.12. The van der Waals surface area contributed by atoms with Crippen LogP contribution in [0.25, 0.3) is 0 Å². The minimum atomic E-state index is -1.14. The van der Waals surface area contributed by atoms with E-state index in [4.69, 9.17) is 19.3 Å². The normalized spacial score (nSPS) is 12.0. The van der Waals surface area contributed by atoms with Crippen LogP contribution in [-0.2, 0) is 25.6 Å². The van der Waals surface area contributed by atoms with Gasteiger partial charge in [0, 0.05) is 20.6 Å². The summed E-state index contributed by atoms with van der Waals surface area (Å²) in [4.78, 5) is 22.8. The molecule has 0 fully saturated rings. The molecule has 7 heteroatoms. The molecular formula is C15H21NO6. The molecule has 22 heavy (non-hydrogen) atoms. The van der Waals surface area contributed by atoms with Crippen LogP contribution < -0.4 is 5.32 Å². The Kier molecular flexibility index (Phi) is 7.95. The van der Waals surface area contributed by atoms with Gasteiger partial charge in [-0.1, -0.05) is 30.3 Å². The summed E-state index contributed by atoms with van der Waals surface area (Å²) < 4.78 is 15.0. The van der Waals surface area contributed by atoms with Gasteiger partial charge in [-0.25, -0.2) is 9.59 Å². The quantitative estimate of drug-likeness (QED) is 0.675. The number of hydrogen-bond donors (Lipinski definition) is 2. The van der Waals surface area contributed by atoms with Gasteiger partial charge in [-0.15, -0.1) is 0 Å². The Morgan fingerprint density at radius 3 is 2.32 bits per heavy atom. The number of aliphatic carboxylic acids is 1. The summed E-state index contributed by atoms with van der Waals surface area (Å²) in [6.07, 6.45) is -0.781. The van der Waals surface area contributed by atoms with Gasteiger partial charge >= 0.3 is 12.1 Å². The SMILES string of the molecule is COC(CC[C@H](NC(=O)OCc1ccccc1)C(=O)O)OC. The lowest BCUT2D eigenvalue weighted by atomic mass is 10.1. The van der Waals surface area contributed by atoms with Crippen molar-refractivity contribution in [2.24, 2.45) is 0 Å². The van der Waals surface area contributed by atoms with Gasteiger partial charge < -0.3 is 24.6 Å². The number of methoxy groups -OCH3 is 2. The fourth-order valence-electron chi connectivity index (χ4n) is 1.80. The Balaban J connectivity index is 2.41. The Morgan fingerprint density at radius 2 is 1.77 bits per heavy atom. The Labute approximate surface area is 129 Å². The molecule has 0 aliphatic heterocycles. The maximum Gasteiger partial charge on any atom is 0.408 e. The summed E-state index contributed by atoms with van der Waals surface area (Å²) in [6.45, 7) is 0.0811. The summed E-state index contributed by atoms with van der Waals surface area (Å²) in [7, 11) is 2.93. The van der Waals surface area contributed by atoms with Crippen molar-refractivity contribution in [1.82, 2.24) is 5.32 Å². The summed E-state index contributed by atoms with van der Waals surface area (Å²) in [5, 5.41) is 11.4. The highest BCUT2D eigenvalue weighted by atomic mass is 16.7. The zero-order valence-electron chi connectivity index (χ0n) is 12.7. The summed E-state index contributed by atoms with van der Waals surface area (Å²) in [5.41, 5.74) is 0.823. The minimum absolute atomic E-state index is 0.0811. The minimum Gasteiger partial charge on any atom is -0.480 e. The van der Waals surface area contributed by atoms with Crippen LogP contribution in [-0.4, -0.2) is 43.7 Å². The number of carboxylic acids is 1. The van der Waals surface area contributed by atoms with Crippen molar-refractivity contribution in [3.63, 3.8) is 0 Å². The monoisotopic (exact) mass is 311 g/mol. The summed E-state index contributed by atoms with van der Waals surface area (Å²) in [5.74, 6) is -1.14. The number of alkyl carbamates (subject to hydrolysis) is 1. The predicted octanol–water partition coefficient (Wildman–Crippen LogP) is 1.77. The molecule has 1 aromatic rings. The molecule has 122 valence electrons. The molecule has 0 spiro atoms. The van der Waals surface area contributed by atoms with E-state index in [1.807, 2.05) is 30.3 Å². The van der Waals surface area contributed by atoms with Gasteiger partial charge in [-0.05, 0) is 12.0 Å². The molecule has 0 radical (unpaired) electrons. The fourth-order valence-corrected chi connectivity index (χ4v) is 1.80. The van der Waals surface area contributed by atoms with Crippen molar-refractivity contribution in [3.05, 3.63) is 35.9 Å². The van der Waals surface area contributed by atoms with Gasteiger partial charge in [-0.2, -0.15) is 0 Å². The van der Waals surface area contributed by atoms with Crippen molar-refractivity contribution >= 4 is 12.1 Å². The largest absolute Gasteiger partial charge is 0.480 e. The van der Waals surface area contributed by atoms with Gasteiger partial charge in [0.15, 0.2) is 6.29 Å². The lowest BCUT2D eigenvalue weighted by molar-refractivity contribution is -0.141. The van der Waals surface area contributed by atoms with Gasteiger partial charge in [0.25, 0.3) is 0 Å². The number of hydrogen-bond acceptors (Lipinski definition) is 5. The molecule has 0 aliphatic carbocycles. The van der Waals surface area contributed by atoms with Crippen molar-refractivity contribution in [2.45, 2.75) is 31.8 Å². The van der Waals surface area contributed by atoms with Crippen molar-refractivity contribution < 1.29 is 28.9 Å². The van der Waals surface area contributed by atoms with E-state index in [1.165, 1.54) is 14.2 Å². The second-order valence-corrected chi connectivity index (χ2v) is 4.58. The third kappa shape index (κ3) is 6.55. The van der Waals surface area contributed by atoms with E-state index in [-0.39, 0.29) is 13.0 Å². The molecule has 0 aromatic heterocycles. The van der Waals surface area contributed by atoms with Crippen LogP contribution in [0.1, 0.15) is 18.4 Å². The van der Waals surface area contributed by atoms with Gasteiger partial charge in [0.1, 0.15) is 12.6 Å². The molecule has 7 nitrogen and oxygen atoms in total. The first-order valence-corrected chi connectivity index (χ1v) is 6.82. The molecule has 0 heterocycles. The van der Waals surface area contributed by atoms with E-state index in [2.05, 4.69) is 5.32 Å². The van der Waals surface area contributed by atoms with Crippen molar-refractivity contribution in [1.29, 1.82) is 0 Å². The average molecular weight is 311 g/mol. The van der Waals surface area contributed by atoms with Crippen LogP contribution in [0.15, 0.2) is 30.3 Å². The lowest BCUT2D eigenvalue weighted by Gasteiger charge is -2.18. The van der Waals surface area contributed by atoms with Gasteiger partial charge in [0.05, 0.1) is 0 Å². The van der Waals surface area contributed by atoms with Crippen LogP contribution in [0.3, 0.4) is 0 Å². The molecule has 0 saturated carbocycles. The Bertz CT molecular complexity index is 460. The second-order valence-electron chi connectivity index (χ2n) is 4.58. The van der Waals surface area contributed by atoms with Crippen LogP contribution in [0.2, 0.25) is 0 Å². The van der Waals surface area contributed by atoms with E-state index in [1.54, 1.807) is 0 Å². The number of carbonyl (C=O) groups is 2. The number of ether oxygens (including phenoxy) is 3. The van der Waals surface area contributed by atoms with Crippen molar-refractivity contribution in [2.75, 3.05) is 14.2 Å². The maximum absolute atomic E-state index is 11.7. The molecular weight excluding hydrogens is 290 g/mol. The lowest BCUT2D eigenvalue weighted by Crippen LogP contribution is -2.41. The summed E-state index contributed by atoms with van der Waals surface area (Å²) in [6, 6.07) is 8.06. The molecule has 1 atom stereocenters. The van der Waals surface area contributed by atoms with E-state index in [0.29, 0.717) is 6.42 Å². The van der Waals surface area contributed by atoms with Crippen LogP contribution >= 0.6 is 0 Å². The third-order valence-electron chi connectivity index (χ3n) is 3.02. The topological polar surface area (TPSA) is 94.1 Å². The summed E-state index contributed by atoms with van der Waals surface area (Å²) >= 11 is 0. The number of nitrogens with one attached hydrogen (secondary N) is 1. The zero-order valence-corrected chi connectivity index (χ0v) is 12.7. The molecule has 2 N–H and O–H groups in total. The van der Waals surface area contributed by atoms with Gasteiger partial charge in [0.2, 0.25) is 0 Å². The second kappa shape index (κ2) is 9.75. The van der Waals surface area contributed by atoms with E-state index in [0.717, 1.165) is 5.56 Å². The third-order valence-corrected chi connectivity index (χ3v) is 3.02. The zero-order chi connectivity index (χ0) is 16.4. The highest BCUT2D eigenvalue weighted by molar-refractivity contribution is 5.79.